The number of rotatable bonds is 3. The highest BCUT2D eigenvalue weighted by molar-refractivity contribution is 9.10. The minimum absolute atomic E-state index is 0.0745. The van der Waals surface area contributed by atoms with E-state index in [1.807, 2.05) is 37.4 Å². The molecule has 0 aliphatic carbocycles. The van der Waals surface area contributed by atoms with Gasteiger partial charge >= 0.3 is 0 Å². The largest absolute Gasteiger partial charge is 0.444 e. The van der Waals surface area contributed by atoms with Crippen molar-refractivity contribution in [3.8, 4) is 11.3 Å². The third kappa shape index (κ3) is 2.98. The molecule has 3 heterocycles. The Labute approximate surface area is 168 Å². The fourth-order valence-electron chi connectivity index (χ4n) is 3.19. The summed E-state index contributed by atoms with van der Waals surface area (Å²) in [6.45, 7) is 3.85. The van der Waals surface area contributed by atoms with Gasteiger partial charge in [-0.3, -0.25) is 14.9 Å². The average Bonchev–Trinajstić information content (AvgIpc) is 3.32. The number of amides is 2. The van der Waals surface area contributed by atoms with Crippen LogP contribution < -0.4 is 10.2 Å². The second-order valence-corrected chi connectivity index (χ2v) is 8.46. The molecule has 0 atom stereocenters. The van der Waals surface area contributed by atoms with Gasteiger partial charge in [0, 0.05) is 23.7 Å². The van der Waals surface area contributed by atoms with Crippen LogP contribution in [0.5, 0.6) is 0 Å². The second kappa shape index (κ2) is 6.31. The van der Waals surface area contributed by atoms with Gasteiger partial charge in [-0.2, -0.15) is 0 Å². The molecule has 2 aromatic heterocycles. The normalized spacial score (nSPS) is 15.1. The first kappa shape index (κ1) is 17.9. The highest BCUT2D eigenvalue weighted by Gasteiger charge is 2.42. The number of nitrogens with zero attached hydrogens (tertiary/aromatic N) is 2. The standard InChI is InChI=1S/C19H16BrN3O3S/c1-19(2)11-8-10(4-5-13(11)23(3)17(19)25)12-9-27-18(21-12)22-16(24)14-6-7-15(20)26-14/h4-9H,1-3H3,(H,21,22,24). The maximum absolute atomic E-state index is 12.4. The summed E-state index contributed by atoms with van der Waals surface area (Å²) >= 11 is 4.51. The van der Waals surface area contributed by atoms with Crippen molar-refractivity contribution in [2.75, 3.05) is 17.3 Å². The molecule has 1 aliphatic rings. The summed E-state index contributed by atoms with van der Waals surface area (Å²) in [5, 5.41) is 5.10. The predicted molar refractivity (Wildman–Crippen MR) is 108 cm³/mol. The van der Waals surface area contributed by atoms with Crippen molar-refractivity contribution in [3.05, 3.63) is 51.7 Å². The Hall–Kier alpha value is -2.45. The second-order valence-electron chi connectivity index (χ2n) is 6.82. The van der Waals surface area contributed by atoms with Gasteiger partial charge in [0.05, 0.1) is 11.1 Å². The van der Waals surface area contributed by atoms with Crippen LogP contribution in [0.2, 0.25) is 0 Å². The maximum atomic E-state index is 12.4. The number of fused-ring (bicyclic) bond motifs is 1. The van der Waals surface area contributed by atoms with Gasteiger partial charge < -0.3 is 9.32 Å². The van der Waals surface area contributed by atoms with Crippen molar-refractivity contribution >= 4 is 49.9 Å². The van der Waals surface area contributed by atoms with Crippen LogP contribution in [0.25, 0.3) is 11.3 Å². The molecule has 0 bridgehead atoms. The average molecular weight is 446 g/mol. The van der Waals surface area contributed by atoms with Crippen LogP contribution in [-0.2, 0) is 10.2 Å². The van der Waals surface area contributed by atoms with Gasteiger partial charge in [-0.05, 0) is 59.6 Å². The van der Waals surface area contributed by atoms with Crippen molar-refractivity contribution in [1.82, 2.24) is 4.98 Å². The van der Waals surface area contributed by atoms with Gasteiger partial charge in [-0.25, -0.2) is 4.98 Å². The molecule has 1 aliphatic heterocycles. The Balaban J connectivity index is 1.60. The summed E-state index contributed by atoms with van der Waals surface area (Å²) in [5.41, 5.74) is 2.98. The Morgan fingerprint density at radius 2 is 2.07 bits per heavy atom. The van der Waals surface area contributed by atoms with Gasteiger partial charge in [-0.1, -0.05) is 6.07 Å². The van der Waals surface area contributed by atoms with Gasteiger partial charge in [0.15, 0.2) is 15.6 Å². The molecule has 0 radical (unpaired) electrons. The Morgan fingerprint density at radius 1 is 1.30 bits per heavy atom. The number of furan rings is 1. The van der Waals surface area contributed by atoms with E-state index >= 15 is 0 Å². The number of aromatic nitrogens is 1. The molecule has 0 fully saturated rings. The monoisotopic (exact) mass is 445 g/mol. The molecule has 0 unspecified atom stereocenters. The number of thiazole rings is 1. The lowest BCUT2D eigenvalue weighted by Crippen LogP contribution is -2.33. The fraction of sp³-hybridized carbons (Fsp3) is 0.211. The van der Waals surface area contributed by atoms with E-state index in [1.165, 1.54) is 11.3 Å². The van der Waals surface area contributed by atoms with Gasteiger partial charge in [0.1, 0.15) is 0 Å². The Morgan fingerprint density at radius 3 is 2.78 bits per heavy atom. The third-order valence-corrected chi connectivity index (χ3v) is 5.87. The molecule has 138 valence electrons. The molecule has 2 amide bonds. The van der Waals surface area contributed by atoms with Crippen molar-refractivity contribution in [1.29, 1.82) is 0 Å². The van der Waals surface area contributed by atoms with Crippen LogP contribution >= 0.6 is 27.3 Å². The zero-order valence-corrected chi connectivity index (χ0v) is 17.3. The van der Waals surface area contributed by atoms with Crippen molar-refractivity contribution < 1.29 is 14.0 Å². The smallest absolute Gasteiger partial charge is 0.293 e. The predicted octanol–water partition coefficient (Wildman–Crippen LogP) is 4.67. The SMILES string of the molecule is CN1C(=O)C(C)(C)c2cc(-c3csc(NC(=O)c4ccc(Br)o4)n3)ccc21. The number of anilines is 2. The Kier molecular flexibility index (Phi) is 4.20. The highest BCUT2D eigenvalue weighted by atomic mass is 79.9. The number of nitrogens with one attached hydrogen (secondary N) is 1. The number of hydrogen-bond acceptors (Lipinski definition) is 5. The zero-order valence-electron chi connectivity index (χ0n) is 14.9. The molecule has 3 aromatic rings. The lowest BCUT2D eigenvalue weighted by Gasteiger charge is -2.16. The molecule has 4 rings (SSSR count). The first-order valence-corrected chi connectivity index (χ1v) is 9.90. The van der Waals surface area contributed by atoms with E-state index in [0.29, 0.717) is 9.80 Å². The molecule has 8 heteroatoms. The third-order valence-electron chi connectivity index (χ3n) is 4.69. The van der Waals surface area contributed by atoms with E-state index in [9.17, 15) is 9.59 Å². The molecular formula is C19H16BrN3O3S. The summed E-state index contributed by atoms with van der Waals surface area (Å²) in [7, 11) is 1.79. The minimum atomic E-state index is -0.570. The summed E-state index contributed by atoms with van der Waals surface area (Å²) in [6, 6.07) is 9.13. The molecule has 0 saturated heterocycles. The van der Waals surface area contributed by atoms with E-state index in [1.54, 1.807) is 24.1 Å². The van der Waals surface area contributed by atoms with Crippen LogP contribution in [0, 0.1) is 0 Å². The van der Waals surface area contributed by atoms with Crippen molar-refractivity contribution in [2.24, 2.45) is 0 Å². The number of halogens is 1. The molecular weight excluding hydrogens is 430 g/mol. The maximum Gasteiger partial charge on any atom is 0.293 e. The van der Waals surface area contributed by atoms with Crippen molar-refractivity contribution in [2.45, 2.75) is 19.3 Å². The fourth-order valence-corrected chi connectivity index (χ4v) is 4.21. The highest BCUT2D eigenvalue weighted by Crippen LogP contribution is 2.42. The molecule has 1 N–H and O–H groups in total. The van der Waals surface area contributed by atoms with E-state index in [4.69, 9.17) is 4.42 Å². The van der Waals surface area contributed by atoms with Crippen LogP contribution in [0.3, 0.4) is 0 Å². The van der Waals surface area contributed by atoms with Crippen LogP contribution in [0.4, 0.5) is 10.8 Å². The number of hydrogen-bond donors (Lipinski definition) is 1. The first-order valence-electron chi connectivity index (χ1n) is 8.22. The quantitative estimate of drug-likeness (QED) is 0.635. The minimum Gasteiger partial charge on any atom is -0.444 e. The zero-order chi connectivity index (χ0) is 19.3. The van der Waals surface area contributed by atoms with Gasteiger partial charge in [0.25, 0.3) is 5.91 Å². The van der Waals surface area contributed by atoms with E-state index in [2.05, 4.69) is 26.2 Å². The summed E-state index contributed by atoms with van der Waals surface area (Å²) in [6.07, 6.45) is 0. The number of carbonyl (C=O) groups is 2. The molecule has 1 aromatic carbocycles. The topological polar surface area (TPSA) is 75.4 Å². The van der Waals surface area contributed by atoms with Gasteiger partial charge in [0.2, 0.25) is 5.91 Å². The van der Waals surface area contributed by atoms with Crippen LogP contribution in [0.1, 0.15) is 30.0 Å². The van der Waals surface area contributed by atoms with E-state index in [0.717, 1.165) is 22.5 Å². The summed E-state index contributed by atoms with van der Waals surface area (Å²) < 4.78 is 5.74. The lowest BCUT2D eigenvalue weighted by atomic mass is 9.85. The first-order chi connectivity index (χ1) is 12.8. The Bertz CT molecular complexity index is 1070. The van der Waals surface area contributed by atoms with Gasteiger partial charge in [-0.15, -0.1) is 11.3 Å². The van der Waals surface area contributed by atoms with E-state index in [-0.39, 0.29) is 17.6 Å². The summed E-state index contributed by atoms with van der Waals surface area (Å²) in [4.78, 5) is 30.8. The molecule has 0 spiro atoms. The number of carbonyl (C=O) groups excluding carboxylic acids is 2. The number of benzene rings is 1. The van der Waals surface area contributed by atoms with Crippen molar-refractivity contribution in [3.63, 3.8) is 0 Å². The van der Waals surface area contributed by atoms with Crippen LogP contribution in [0.15, 0.2) is 44.8 Å². The molecule has 27 heavy (non-hydrogen) atoms. The van der Waals surface area contributed by atoms with Crippen LogP contribution in [-0.4, -0.2) is 23.8 Å². The number of likely N-dealkylation sites (N-methyl/N-ethyl adjacent to an activating group) is 1. The summed E-state index contributed by atoms with van der Waals surface area (Å²) in [5.74, 6) is -0.0751. The lowest BCUT2D eigenvalue weighted by molar-refractivity contribution is -0.121. The molecule has 0 saturated carbocycles. The van der Waals surface area contributed by atoms with E-state index < -0.39 is 5.41 Å². The molecule has 6 nitrogen and oxygen atoms in total.